The number of ether oxygens (including phenoxy) is 1. The van der Waals surface area contributed by atoms with Crippen LogP contribution in [0.1, 0.15) is 34.9 Å². The van der Waals surface area contributed by atoms with Crippen LogP contribution in [0.3, 0.4) is 0 Å². The van der Waals surface area contributed by atoms with Crippen LogP contribution in [0.15, 0.2) is 162 Å². The van der Waals surface area contributed by atoms with Crippen LogP contribution in [-0.2, 0) is 6.61 Å². The van der Waals surface area contributed by atoms with Gasteiger partial charge in [-0.25, -0.2) is 0 Å². The molecule has 1 aliphatic heterocycles. The van der Waals surface area contributed by atoms with Gasteiger partial charge in [0, 0.05) is 61.8 Å². The molecule has 1 aliphatic carbocycles. The maximum absolute atomic E-state index is 6.13. The summed E-state index contributed by atoms with van der Waals surface area (Å²) in [5.41, 5.74) is 15.5. The average molecular weight is 721 g/mol. The van der Waals surface area contributed by atoms with E-state index in [1.807, 2.05) is 30.6 Å². The topological polar surface area (TPSA) is 58.0 Å². The number of benzene rings is 6. The summed E-state index contributed by atoms with van der Waals surface area (Å²) in [6, 6.07) is 52.7. The SMILES string of the molecule is c1cnc2c(c1)COc1ccc(-n3c4ccccc4c4cc(C5C[C@H]5c5ccc6c(c5)c5ccccc5n6-c5ccc6oc7cccnc7c6c5)ccc43)cc1-2. The van der Waals surface area contributed by atoms with E-state index in [-0.39, 0.29) is 0 Å². The first-order chi connectivity index (χ1) is 27.7. The lowest BCUT2D eigenvalue weighted by atomic mass is 10.0. The van der Waals surface area contributed by atoms with Gasteiger partial charge in [-0.05, 0) is 120 Å². The molecule has 0 saturated heterocycles. The largest absolute Gasteiger partial charge is 0.488 e. The number of fused-ring (bicyclic) bond motifs is 12. The fourth-order valence-electron chi connectivity index (χ4n) is 9.58. The number of aromatic nitrogens is 4. The smallest absolute Gasteiger partial charge is 0.153 e. The third-order valence-corrected chi connectivity index (χ3v) is 12.3. The Kier molecular flexibility index (Phi) is 6.03. The number of hydrogen-bond donors (Lipinski definition) is 0. The van der Waals surface area contributed by atoms with Crippen molar-refractivity contribution in [3.8, 4) is 28.4 Å². The first-order valence-electron chi connectivity index (χ1n) is 19.3. The van der Waals surface area contributed by atoms with Crippen molar-refractivity contribution in [3.63, 3.8) is 0 Å². The fraction of sp³-hybridized carbons (Fsp3) is 0.0800. The second-order valence-corrected chi connectivity index (χ2v) is 15.3. The second-order valence-electron chi connectivity index (χ2n) is 15.3. The number of pyridine rings is 2. The third kappa shape index (κ3) is 4.26. The van der Waals surface area contributed by atoms with E-state index in [0.29, 0.717) is 18.4 Å². The Bertz CT molecular complexity index is 3440. The Morgan fingerprint density at radius 1 is 0.500 bits per heavy atom. The second kappa shape index (κ2) is 11.2. The molecule has 13 rings (SSSR count). The van der Waals surface area contributed by atoms with Crippen LogP contribution < -0.4 is 4.74 Å². The lowest BCUT2D eigenvalue weighted by molar-refractivity contribution is 0.301. The summed E-state index contributed by atoms with van der Waals surface area (Å²) >= 11 is 0. The van der Waals surface area contributed by atoms with Gasteiger partial charge in [-0.3, -0.25) is 9.97 Å². The molecule has 2 atom stereocenters. The summed E-state index contributed by atoms with van der Waals surface area (Å²) in [5, 5.41) is 6.12. The van der Waals surface area contributed by atoms with Gasteiger partial charge in [0.2, 0.25) is 0 Å². The Hall–Kier alpha value is -7.18. The van der Waals surface area contributed by atoms with Gasteiger partial charge in [0.25, 0.3) is 0 Å². The van der Waals surface area contributed by atoms with E-state index in [0.717, 1.165) is 62.4 Å². The Labute approximate surface area is 320 Å². The predicted molar refractivity (Wildman–Crippen MR) is 224 cm³/mol. The fourth-order valence-corrected chi connectivity index (χ4v) is 9.58. The number of nitrogens with zero attached hydrogens (tertiary/aromatic N) is 4. The van der Waals surface area contributed by atoms with Crippen LogP contribution in [0.2, 0.25) is 0 Å². The monoisotopic (exact) mass is 720 g/mol. The lowest BCUT2D eigenvalue weighted by Crippen LogP contribution is -2.07. The number of furan rings is 1. The molecule has 0 amide bonds. The Morgan fingerprint density at radius 2 is 1.14 bits per heavy atom. The summed E-state index contributed by atoms with van der Waals surface area (Å²) in [6.45, 7) is 0.548. The molecule has 2 aliphatic rings. The molecule has 0 N–H and O–H groups in total. The molecule has 264 valence electrons. The van der Waals surface area contributed by atoms with Crippen LogP contribution in [0.4, 0.5) is 0 Å². The molecule has 1 saturated carbocycles. The van der Waals surface area contributed by atoms with Gasteiger partial charge in [0.05, 0.1) is 27.8 Å². The van der Waals surface area contributed by atoms with Gasteiger partial charge in [-0.15, -0.1) is 0 Å². The van der Waals surface area contributed by atoms with Gasteiger partial charge >= 0.3 is 0 Å². The lowest BCUT2D eigenvalue weighted by Gasteiger charge is -2.21. The van der Waals surface area contributed by atoms with Crippen molar-refractivity contribution < 1.29 is 9.15 Å². The number of para-hydroxylation sites is 2. The molecule has 0 radical (unpaired) electrons. The first kappa shape index (κ1) is 30.2. The molecule has 0 bridgehead atoms. The normalized spacial score (nSPS) is 16.2. The van der Waals surface area contributed by atoms with Crippen molar-refractivity contribution in [2.45, 2.75) is 24.9 Å². The maximum atomic E-state index is 6.13. The van der Waals surface area contributed by atoms with Crippen LogP contribution in [0, 0.1) is 0 Å². The van der Waals surface area contributed by atoms with Gasteiger partial charge < -0.3 is 18.3 Å². The Balaban J connectivity index is 0.886. The van der Waals surface area contributed by atoms with Gasteiger partial charge in [-0.2, -0.15) is 0 Å². The maximum Gasteiger partial charge on any atom is 0.153 e. The van der Waals surface area contributed by atoms with Crippen molar-refractivity contribution in [2.75, 3.05) is 0 Å². The zero-order valence-electron chi connectivity index (χ0n) is 30.2. The Morgan fingerprint density at radius 3 is 1.89 bits per heavy atom. The van der Waals surface area contributed by atoms with Crippen LogP contribution >= 0.6 is 0 Å². The number of rotatable bonds is 4. The molecule has 6 heteroatoms. The first-order valence-corrected chi connectivity index (χ1v) is 19.3. The molecule has 11 aromatic rings. The molecule has 5 aromatic heterocycles. The highest BCUT2D eigenvalue weighted by atomic mass is 16.5. The standard InChI is InChI=1S/C50H32N4O2/c1-3-10-42-34(8-1)38-23-29(13-17-44(38)53(42)32-15-19-46-40(25-32)49-31(28-55-46)7-5-21-51-49)36-27-37(36)30-14-18-45-39(24-30)35-9-2-4-11-43(35)54(45)33-16-20-47-41(26-33)50-48(56-47)12-6-22-52-50/h1-26,36-37H,27-28H2/t36?,37-/m0/s1. The van der Waals surface area contributed by atoms with E-state index in [1.165, 1.54) is 54.7 Å². The van der Waals surface area contributed by atoms with Gasteiger partial charge in [-0.1, -0.05) is 54.6 Å². The zero-order chi connectivity index (χ0) is 36.5. The highest BCUT2D eigenvalue weighted by Crippen LogP contribution is 2.56. The minimum atomic E-state index is 0.472. The molecule has 1 unspecified atom stereocenters. The summed E-state index contributed by atoms with van der Waals surface area (Å²) in [5.74, 6) is 1.83. The summed E-state index contributed by atoms with van der Waals surface area (Å²) in [6.07, 6.45) is 4.84. The summed E-state index contributed by atoms with van der Waals surface area (Å²) < 4.78 is 17.0. The minimum Gasteiger partial charge on any atom is -0.488 e. The van der Waals surface area contributed by atoms with E-state index >= 15 is 0 Å². The highest BCUT2D eigenvalue weighted by molar-refractivity contribution is 6.11. The average Bonchev–Trinajstić information content (AvgIpc) is 3.74. The van der Waals surface area contributed by atoms with E-state index in [2.05, 4.69) is 142 Å². The molecule has 0 spiro atoms. The molecule has 6 aromatic carbocycles. The van der Waals surface area contributed by atoms with E-state index in [9.17, 15) is 0 Å². The van der Waals surface area contributed by atoms with Crippen molar-refractivity contribution in [1.29, 1.82) is 0 Å². The summed E-state index contributed by atoms with van der Waals surface area (Å²) in [4.78, 5) is 9.39. The van der Waals surface area contributed by atoms with Crippen molar-refractivity contribution in [2.24, 2.45) is 0 Å². The zero-order valence-corrected chi connectivity index (χ0v) is 30.2. The van der Waals surface area contributed by atoms with E-state index in [1.54, 1.807) is 0 Å². The van der Waals surface area contributed by atoms with Crippen molar-refractivity contribution >= 4 is 65.7 Å². The minimum absolute atomic E-state index is 0.472. The van der Waals surface area contributed by atoms with Crippen molar-refractivity contribution in [1.82, 2.24) is 19.1 Å². The van der Waals surface area contributed by atoms with Gasteiger partial charge in [0.15, 0.2) is 5.58 Å². The van der Waals surface area contributed by atoms with Crippen LogP contribution in [0.5, 0.6) is 5.75 Å². The quantitative estimate of drug-likeness (QED) is 0.182. The summed E-state index contributed by atoms with van der Waals surface area (Å²) in [7, 11) is 0. The molecular formula is C50H32N4O2. The molecule has 1 fully saturated rings. The van der Waals surface area contributed by atoms with E-state index < -0.39 is 0 Å². The number of hydrogen-bond acceptors (Lipinski definition) is 4. The van der Waals surface area contributed by atoms with Crippen molar-refractivity contribution in [3.05, 3.63) is 175 Å². The third-order valence-electron chi connectivity index (χ3n) is 12.3. The molecular weight excluding hydrogens is 689 g/mol. The molecule has 6 nitrogen and oxygen atoms in total. The van der Waals surface area contributed by atoms with E-state index in [4.69, 9.17) is 14.1 Å². The predicted octanol–water partition coefficient (Wildman–Crippen LogP) is 12.4. The van der Waals surface area contributed by atoms with Gasteiger partial charge in [0.1, 0.15) is 23.5 Å². The van der Waals surface area contributed by atoms with Crippen LogP contribution in [0.25, 0.3) is 88.3 Å². The molecule has 6 heterocycles. The highest BCUT2D eigenvalue weighted by Gasteiger charge is 2.40. The molecule has 56 heavy (non-hydrogen) atoms. The van der Waals surface area contributed by atoms with Crippen LogP contribution in [-0.4, -0.2) is 19.1 Å².